The summed E-state index contributed by atoms with van der Waals surface area (Å²) in [7, 11) is -3.81. The molecule has 0 amide bonds. The zero-order chi connectivity index (χ0) is 14.0. The van der Waals surface area contributed by atoms with Gasteiger partial charge in [-0.05, 0) is 26.0 Å². The maximum Gasteiger partial charge on any atom is 0.265 e. The van der Waals surface area contributed by atoms with Gasteiger partial charge in [-0.15, -0.1) is 0 Å². The first-order valence-corrected chi connectivity index (χ1v) is 7.06. The average Bonchev–Trinajstić information content (AvgIpc) is 2.64. The second kappa shape index (κ2) is 5.02. The number of aryl methyl sites for hydroxylation is 2. The molecule has 0 aliphatic rings. The molecular formula is C12H14N2O4S. The first-order chi connectivity index (χ1) is 8.95. The molecular weight excluding hydrogens is 268 g/mol. The normalized spacial score (nSPS) is 11.5. The number of aliphatic hydroxyl groups excluding tert-OH is 1. The summed E-state index contributed by atoms with van der Waals surface area (Å²) in [6.07, 6.45) is 2.95. The van der Waals surface area contributed by atoms with Crippen LogP contribution >= 0.6 is 0 Å². The molecule has 0 unspecified atom stereocenters. The van der Waals surface area contributed by atoms with Gasteiger partial charge < -0.3 is 9.52 Å². The fourth-order valence-corrected chi connectivity index (χ4v) is 3.36. The minimum Gasteiger partial charge on any atom is -0.465 e. The highest BCUT2D eigenvalue weighted by molar-refractivity contribution is 7.92. The zero-order valence-corrected chi connectivity index (χ0v) is 11.4. The van der Waals surface area contributed by atoms with Crippen molar-refractivity contribution in [3.8, 4) is 0 Å². The minimum absolute atomic E-state index is 0.0173. The van der Waals surface area contributed by atoms with Gasteiger partial charge in [-0.2, -0.15) is 0 Å². The van der Waals surface area contributed by atoms with Crippen LogP contribution in [0.1, 0.15) is 17.1 Å². The minimum atomic E-state index is -3.81. The average molecular weight is 282 g/mol. The number of nitrogens with zero attached hydrogens (tertiary/aromatic N) is 1. The molecule has 6 nitrogen and oxygen atoms in total. The van der Waals surface area contributed by atoms with Crippen LogP contribution in [0.25, 0.3) is 0 Å². The van der Waals surface area contributed by atoms with E-state index in [1.54, 1.807) is 32.2 Å². The molecule has 2 N–H and O–H groups in total. The van der Waals surface area contributed by atoms with Crippen LogP contribution < -0.4 is 4.72 Å². The van der Waals surface area contributed by atoms with Gasteiger partial charge in [0.1, 0.15) is 16.4 Å². The van der Waals surface area contributed by atoms with Crippen molar-refractivity contribution in [2.45, 2.75) is 25.3 Å². The molecule has 102 valence electrons. The van der Waals surface area contributed by atoms with Gasteiger partial charge in [0.15, 0.2) is 0 Å². The van der Waals surface area contributed by atoms with Gasteiger partial charge in [0.2, 0.25) is 0 Å². The third-order valence-corrected chi connectivity index (χ3v) is 4.24. The highest BCUT2D eigenvalue weighted by Crippen LogP contribution is 2.28. The van der Waals surface area contributed by atoms with E-state index in [-0.39, 0.29) is 16.2 Å². The van der Waals surface area contributed by atoms with Crippen molar-refractivity contribution in [1.82, 2.24) is 4.98 Å². The van der Waals surface area contributed by atoms with Crippen molar-refractivity contribution >= 4 is 15.7 Å². The summed E-state index contributed by atoms with van der Waals surface area (Å²) in [5.41, 5.74) is 0.624. The Labute approximate surface area is 111 Å². The lowest BCUT2D eigenvalue weighted by Crippen LogP contribution is -2.15. The smallest absolute Gasteiger partial charge is 0.265 e. The lowest BCUT2D eigenvalue weighted by atomic mass is 10.2. The number of pyridine rings is 1. The zero-order valence-electron chi connectivity index (χ0n) is 10.5. The van der Waals surface area contributed by atoms with Crippen molar-refractivity contribution < 1.29 is 17.9 Å². The van der Waals surface area contributed by atoms with E-state index in [1.165, 1.54) is 6.20 Å². The number of nitrogens with one attached hydrogen (secondary N) is 1. The highest BCUT2D eigenvalue weighted by Gasteiger charge is 2.26. The predicted octanol–water partition coefficient (Wildman–Crippen LogP) is 1.58. The molecule has 0 saturated carbocycles. The van der Waals surface area contributed by atoms with Crippen LogP contribution in [0.5, 0.6) is 0 Å². The van der Waals surface area contributed by atoms with Crippen LogP contribution in [-0.2, 0) is 16.6 Å². The van der Waals surface area contributed by atoms with Gasteiger partial charge in [0.05, 0.1) is 18.5 Å². The van der Waals surface area contributed by atoms with E-state index in [9.17, 15) is 13.5 Å². The fourth-order valence-electron chi connectivity index (χ4n) is 1.87. The highest BCUT2D eigenvalue weighted by atomic mass is 32.2. The molecule has 0 aliphatic carbocycles. The van der Waals surface area contributed by atoms with Crippen molar-refractivity contribution in [2.24, 2.45) is 0 Å². The summed E-state index contributed by atoms with van der Waals surface area (Å²) in [5, 5.41) is 9.28. The molecule has 2 rings (SSSR count). The topological polar surface area (TPSA) is 92.4 Å². The molecule has 2 heterocycles. The lowest BCUT2D eigenvalue weighted by molar-refractivity contribution is 0.276. The van der Waals surface area contributed by atoms with Gasteiger partial charge in [0, 0.05) is 11.8 Å². The van der Waals surface area contributed by atoms with Gasteiger partial charge in [-0.3, -0.25) is 9.71 Å². The fraction of sp³-hybridized carbons (Fsp3) is 0.250. The molecule has 7 heteroatoms. The van der Waals surface area contributed by atoms with Crippen LogP contribution in [0.2, 0.25) is 0 Å². The Morgan fingerprint density at radius 2 is 2.11 bits per heavy atom. The number of aromatic nitrogens is 1. The van der Waals surface area contributed by atoms with Crippen LogP contribution in [0.3, 0.4) is 0 Å². The summed E-state index contributed by atoms with van der Waals surface area (Å²) in [5.74, 6) is 0.643. The van der Waals surface area contributed by atoms with E-state index in [1.807, 2.05) is 0 Å². The van der Waals surface area contributed by atoms with Gasteiger partial charge in [0.25, 0.3) is 10.0 Å². The lowest BCUT2D eigenvalue weighted by Gasteiger charge is -2.08. The van der Waals surface area contributed by atoms with Gasteiger partial charge in [-0.25, -0.2) is 8.42 Å². The number of rotatable bonds is 4. The van der Waals surface area contributed by atoms with Crippen molar-refractivity contribution in [3.05, 3.63) is 41.6 Å². The molecule has 0 radical (unpaired) electrons. The van der Waals surface area contributed by atoms with E-state index < -0.39 is 16.6 Å². The van der Waals surface area contributed by atoms with Crippen molar-refractivity contribution in [3.63, 3.8) is 0 Å². The Morgan fingerprint density at radius 1 is 1.37 bits per heavy atom. The second-order valence-corrected chi connectivity index (χ2v) is 5.65. The number of furan rings is 1. The molecule has 0 aromatic carbocycles. The van der Waals surface area contributed by atoms with E-state index in [0.717, 1.165) is 0 Å². The summed E-state index contributed by atoms with van der Waals surface area (Å²) in [6, 6.07) is 3.21. The molecule has 0 fully saturated rings. The van der Waals surface area contributed by atoms with Crippen molar-refractivity contribution in [1.29, 1.82) is 0 Å². The Balaban J connectivity index is 2.46. The van der Waals surface area contributed by atoms with E-state index in [0.29, 0.717) is 11.4 Å². The van der Waals surface area contributed by atoms with Crippen LogP contribution in [0.4, 0.5) is 5.69 Å². The first-order valence-electron chi connectivity index (χ1n) is 5.58. The number of hydrogen-bond acceptors (Lipinski definition) is 5. The number of aliphatic hydroxyl groups is 1. The quantitative estimate of drug-likeness (QED) is 0.888. The molecule has 0 saturated heterocycles. The van der Waals surface area contributed by atoms with Crippen LogP contribution in [-0.4, -0.2) is 18.5 Å². The predicted molar refractivity (Wildman–Crippen MR) is 69.2 cm³/mol. The maximum atomic E-state index is 12.3. The van der Waals surface area contributed by atoms with Crippen LogP contribution in [0.15, 0.2) is 33.8 Å². The Kier molecular flexibility index (Phi) is 3.59. The van der Waals surface area contributed by atoms with Gasteiger partial charge in [-0.1, -0.05) is 0 Å². The number of sulfonamides is 1. The summed E-state index contributed by atoms with van der Waals surface area (Å²) >= 11 is 0. The van der Waals surface area contributed by atoms with Crippen molar-refractivity contribution in [2.75, 3.05) is 4.72 Å². The molecule has 0 aliphatic heterocycles. The molecule has 19 heavy (non-hydrogen) atoms. The SMILES string of the molecule is Cc1oc(C)c(S(=O)(=O)Nc2cccnc2)c1CO. The van der Waals surface area contributed by atoms with E-state index >= 15 is 0 Å². The first kappa shape index (κ1) is 13.6. The third-order valence-electron chi connectivity index (χ3n) is 2.67. The molecule has 0 atom stereocenters. The summed E-state index contributed by atoms with van der Waals surface area (Å²) in [6.45, 7) is 2.76. The van der Waals surface area contributed by atoms with Crippen LogP contribution in [0, 0.1) is 13.8 Å². The molecule has 0 spiro atoms. The second-order valence-electron chi connectivity index (χ2n) is 4.03. The largest absolute Gasteiger partial charge is 0.465 e. The Hall–Kier alpha value is -1.86. The Bertz CT molecular complexity index is 677. The Morgan fingerprint density at radius 3 is 2.68 bits per heavy atom. The third kappa shape index (κ3) is 2.61. The number of hydrogen-bond donors (Lipinski definition) is 2. The summed E-state index contributed by atoms with van der Waals surface area (Å²) in [4.78, 5) is 3.82. The molecule has 0 bridgehead atoms. The van der Waals surface area contributed by atoms with Gasteiger partial charge >= 0.3 is 0 Å². The summed E-state index contributed by atoms with van der Waals surface area (Å²) < 4.78 is 32.3. The maximum absolute atomic E-state index is 12.3. The number of anilines is 1. The van der Waals surface area contributed by atoms with E-state index in [2.05, 4.69) is 9.71 Å². The standard InChI is InChI=1S/C12H14N2O4S/c1-8-11(7-15)12(9(2)18-8)19(16,17)14-10-4-3-5-13-6-10/h3-6,14-15H,7H2,1-2H3. The molecule has 2 aromatic heterocycles. The monoisotopic (exact) mass is 282 g/mol. The van der Waals surface area contributed by atoms with E-state index in [4.69, 9.17) is 4.42 Å². The molecule has 2 aromatic rings.